The van der Waals surface area contributed by atoms with Crippen LogP contribution in [0.5, 0.6) is 0 Å². The number of nitrogens with zero attached hydrogens (tertiary/aromatic N) is 1. The zero-order valence-electron chi connectivity index (χ0n) is 13.6. The molecule has 126 valence electrons. The first-order valence-corrected chi connectivity index (χ1v) is 8.02. The molecule has 0 saturated carbocycles. The number of nitrogens with one attached hydrogen (secondary N) is 2. The van der Waals surface area contributed by atoms with Crippen LogP contribution in [-0.4, -0.2) is 56.1 Å². The Bertz CT molecular complexity index is 507. The average molecular weight is 319 g/mol. The van der Waals surface area contributed by atoms with E-state index in [-0.39, 0.29) is 18.2 Å². The minimum absolute atomic E-state index is 0.0702. The number of carbonyl (C=O) groups excluding carboxylic acids is 2. The van der Waals surface area contributed by atoms with Crippen LogP contribution in [-0.2, 0) is 20.9 Å². The lowest BCUT2D eigenvalue weighted by Crippen LogP contribution is -2.56. The van der Waals surface area contributed by atoms with Crippen molar-refractivity contribution in [3.63, 3.8) is 0 Å². The summed E-state index contributed by atoms with van der Waals surface area (Å²) >= 11 is 0. The van der Waals surface area contributed by atoms with Gasteiger partial charge in [0.25, 0.3) is 0 Å². The summed E-state index contributed by atoms with van der Waals surface area (Å²) < 4.78 is 4.95. The molecule has 1 heterocycles. The maximum absolute atomic E-state index is 12.2. The van der Waals surface area contributed by atoms with Crippen LogP contribution < -0.4 is 10.6 Å². The molecule has 1 saturated heterocycles. The number of hydrogen-bond acceptors (Lipinski definition) is 4. The first kappa shape index (κ1) is 17.4. The third-order valence-corrected chi connectivity index (χ3v) is 3.90. The molecule has 2 rings (SSSR count). The number of rotatable bonds is 8. The van der Waals surface area contributed by atoms with Crippen molar-refractivity contribution in [1.29, 1.82) is 0 Å². The summed E-state index contributed by atoms with van der Waals surface area (Å²) in [6.07, 6.45) is 0.957. The predicted molar refractivity (Wildman–Crippen MR) is 87.8 cm³/mol. The molecule has 0 radical (unpaired) electrons. The number of piperazine rings is 1. The van der Waals surface area contributed by atoms with Crippen molar-refractivity contribution < 1.29 is 14.3 Å². The van der Waals surface area contributed by atoms with Crippen LogP contribution in [0.4, 0.5) is 0 Å². The molecule has 1 fully saturated rings. The summed E-state index contributed by atoms with van der Waals surface area (Å²) in [7, 11) is 1.63. The summed E-state index contributed by atoms with van der Waals surface area (Å²) in [6, 6.07) is 9.60. The first-order chi connectivity index (χ1) is 11.2. The van der Waals surface area contributed by atoms with Crippen molar-refractivity contribution in [2.24, 2.45) is 0 Å². The molecule has 1 aliphatic rings. The largest absolute Gasteiger partial charge is 0.385 e. The van der Waals surface area contributed by atoms with Gasteiger partial charge in [-0.15, -0.1) is 0 Å². The van der Waals surface area contributed by atoms with Crippen LogP contribution in [0.1, 0.15) is 18.4 Å². The molecule has 2 N–H and O–H groups in total. The van der Waals surface area contributed by atoms with Gasteiger partial charge in [0, 0.05) is 39.9 Å². The molecule has 2 amide bonds. The molecule has 6 nitrogen and oxygen atoms in total. The van der Waals surface area contributed by atoms with E-state index >= 15 is 0 Å². The Hall–Kier alpha value is -1.92. The monoisotopic (exact) mass is 319 g/mol. The number of ether oxygens (including phenoxy) is 1. The summed E-state index contributed by atoms with van der Waals surface area (Å²) in [5.41, 5.74) is 1.15. The SMILES string of the molecule is COCCCNC(=O)CC1C(=O)NCCN1Cc1ccccc1. The fourth-order valence-corrected chi connectivity index (χ4v) is 2.68. The van der Waals surface area contributed by atoms with E-state index in [4.69, 9.17) is 4.74 Å². The molecule has 1 atom stereocenters. The average Bonchev–Trinajstić information content (AvgIpc) is 2.56. The number of benzene rings is 1. The zero-order chi connectivity index (χ0) is 16.5. The second-order valence-corrected chi connectivity index (χ2v) is 5.66. The van der Waals surface area contributed by atoms with E-state index in [0.717, 1.165) is 18.5 Å². The smallest absolute Gasteiger partial charge is 0.237 e. The number of carbonyl (C=O) groups is 2. The van der Waals surface area contributed by atoms with E-state index in [9.17, 15) is 9.59 Å². The van der Waals surface area contributed by atoms with Crippen LogP contribution in [0, 0.1) is 0 Å². The number of methoxy groups -OCH3 is 1. The topological polar surface area (TPSA) is 70.7 Å². The highest BCUT2D eigenvalue weighted by atomic mass is 16.5. The molecule has 1 aromatic carbocycles. The van der Waals surface area contributed by atoms with Gasteiger partial charge in [-0.2, -0.15) is 0 Å². The highest BCUT2D eigenvalue weighted by Gasteiger charge is 2.31. The maximum Gasteiger partial charge on any atom is 0.237 e. The van der Waals surface area contributed by atoms with Gasteiger partial charge in [0.15, 0.2) is 0 Å². The fourth-order valence-electron chi connectivity index (χ4n) is 2.68. The normalized spacial score (nSPS) is 18.5. The Morgan fingerprint density at radius 1 is 1.39 bits per heavy atom. The van der Waals surface area contributed by atoms with Crippen LogP contribution >= 0.6 is 0 Å². The Balaban J connectivity index is 1.89. The molecule has 0 aliphatic carbocycles. The van der Waals surface area contributed by atoms with Gasteiger partial charge in [-0.05, 0) is 12.0 Å². The van der Waals surface area contributed by atoms with Crippen molar-refractivity contribution in [1.82, 2.24) is 15.5 Å². The molecule has 0 bridgehead atoms. The third kappa shape index (κ3) is 5.65. The fraction of sp³-hybridized carbons (Fsp3) is 0.529. The van der Waals surface area contributed by atoms with E-state index < -0.39 is 6.04 Å². The van der Waals surface area contributed by atoms with Crippen molar-refractivity contribution in [2.45, 2.75) is 25.4 Å². The lowest BCUT2D eigenvalue weighted by Gasteiger charge is -2.34. The van der Waals surface area contributed by atoms with E-state index in [2.05, 4.69) is 15.5 Å². The molecular weight excluding hydrogens is 294 g/mol. The van der Waals surface area contributed by atoms with Crippen molar-refractivity contribution in [3.8, 4) is 0 Å². The molecule has 0 aromatic heterocycles. The Morgan fingerprint density at radius 2 is 2.17 bits per heavy atom. The van der Waals surface area contributed by atoms with Crippen LogP contribution in [0.25, 0.3) is 0 Å². The Morgan fingerprint density at radius 3 is 2.91 bits per heavy atom. The van der Waals surface area contributed by atoms with E-state index in [1.165, 1.54) is 0 Å². The van der Waals surface area contributed by atoms with Crippen molar-refractivity contribution >= 4 is 11.8 Å². The summed E-state index contributed by atoms with van der Waals surface area (Å²) in [5.74, 6) is -0.166. The minimum Gasteiger partial charge on any atom is -0.385 e. The molecule has 6 heteroatoms. The van der Waals surface area contributed by atoms with E-state index in [1.807, 2.05) is 30.3 Å². The first-order valence-electron chi connectivity index (χ1n) is 8.02. The molecule has 23 heavy (non-hydrogen) atoms. The quantitative estimate of drug-likeness (QED) is 0.686. The lowest BCUT2D eigenvalue weighted by molar-refractivity contribution is -0.134. The second kappa shape index (κ2) is 9.27. The van der Waals surface area contributed by atoms with Crippen molar-refractivity contribution in [3.05, 3.63) is 35.9 Å². The van der Waals surface area contributed by atoms with Gasteiger partial charge in [0.1, 0.15) is 0 Å². The Labute approximate surface area is 137 Å². The summed E-state index contributed by atoms with van der Waals surface area (Å²) in [5, 5.41) is 5.69. The summed E-state index contributed by atoms with van der Waals surface area (Å²) in [4.78, 5) is 26.3. The number of amides is 2. The Kier molecular flexibility index (Phi) is 7.03. The summed E-state index contributed by atoms with van der Waals surface area (Å²) in [6.45, 7) is 3.24. The van der Waals surface area contributed by atoms with Crippen LogP contribution in [0.3, 0.4) is 0 Å². The third-order valence-electron chi connectivity index (χ3n) is 3.90. The molecule has 1 aromatic rings. The predicted octanol–water partition coefficient (Wildman–Crippen LogP) is 0.530. The van der Waals surface area contributed by atoms with Gasteiger partial charge in [0.05, 0.1) is 12.5 Å². The van der Waals surface area contributed by atoms with Gasteiger partial charge >= 0.3 is 0 Å². The molecule has 1 aliphatic heterocycles. The molecule has 0 spiro atoms. The second-order valence-electron chi connectivity index (χ2n) is 5.66. The lowest BCUT2D eigenvalue weighted by atomic mass is 10.1. The van der Waals surface area contributed by atoms with Gasteiger partial charge in [-0.3, -0.25) is 14.5 Å². The van der Waals surface area contributed by atoms with Crippen LogP contribution in [0.2, 0.25) is 0 Å². The van der Waals surface area contributed by atoms with E-state index in [1.54, 1.807) is 7.11 Å². The van der Waals surface area contributed by atoms with Gasteiger partial charge in [-0.1, -0.05) is 30.3 Å². The highest BCUT2D eigenvalue weighted by molar-refractivity contribution is 5.88. The van der Waals surface area contributed by atoms with Crippen LogP contribution in [0.15, 0.2) is 30.3 Å². The molecule has 1 unspecified atom stereocenters. The minimum atomic E-state index is -0.411. The molecular formula is C17H25N3O3. The van der Waals surface area contributed by atoms with Gasteiger partial charge < -0.3 is 15.4 Å². The van der Waals surface area contributed by atoms with Gasteiger partial charge in [-0.25, -0.2) is 0 Å². The standard InChI is InChI=1S/C17H25N3O3/c1-23-11-5-8-18-16(21)12-15-17(22)19-9-10-20(15)13-14-6-3-2-4-7-14/h2-4,6-7,15H,5,8-13H2,1H3,(H,18,21)(H,19,22). The zero-order valence-corrected chi connectivity index (χ0v) is 13.6. The highest BCUT2D eigenvalue weighted by Crippen LogP contribution is 2.13. The number of hydrogen-bond donors (Lipinski definition) is 2. The van der Waals surface area contributed by atoms with Crippen molar-refractivity contribution in [2.75, 3.05) is 33.4 Å². The van der Waals surface area contributed by atoms with Gasteiger partial charge in [0.2, 0.25) is 11.8 Å². The van der Waals surface area contributed by atoms with E-state index in [0.29, 0.717) is 26.2 Å². The maximum atomic E-state index is 12.2.